The van der Waals surface area contributed by atoms with Crippen LogP contribution in [0.3, 0.4) is 0 Å². The van der Waals surface area contributed by atoms with Gasteiger partial charge in [-0.2, -0.15) is 0 Å². The van der Waals surface area contributed by atoms with Crippen molar-refractivity contribution in [3.05, 3.63) is 118 Å². The largest absolute Gasteiger partial charge is 0.488 e. The van der Waals surface area contributed by atoms with Gasteiger partial charge in [0.25, 0.3) is 0 Å². The van der Waals surface area contributed by atoms with Gasteiger partial charge in [-0.1, -0.05) is 60.7 Å². The second-order valence-electron chi connectivity index (χ2n) is 14.6. The predicted octanol–water partition coefficient (Wildman–Crippen LogP) is 3.95. The number of aliphatic carboxylic acids is 1. The number of hydrogen-bond acceptors (Lipinski definition) is 8. The SMILES string of the molecule is CC(C)(C)Oc1ccc(C[C@@H]2NC(=O)[C@@H](Cc3cccs3)NC(=O)CCC(=O)Nc3ccc(cc3)C[C@H](C(=O)O)NC(=O)[C@@H](Cc3ccccc3)NC2=O)cc1. The van der Waals surface area contributed by atoms with E-state index in [0.29, 0.717) is 28.1 Å². The number of carboxylic acid groups (broad SMARTS) is 1. The Balaban J connectivity index is 1.50. The third-order valence-electron chi connectivity index (χ3n) is 8.84. The Bertz CT molecular complexity index is 1980. The minimum atomic E-state index is -1.35. The van der Waals surface area contributed by atoms with Gasteiger partial charge >= 0.3 is 5.97 Å². The van der Waals surface area contributed by atoms with Crippen LogP contribution in [0.5, 0.6) is 5.75 Å². The van der Waals surface area contributed by atoms with E-state index in [2.05, 4.69) is 26.6 Å². The summed E-state index contributed by atoms with van der Waals surface area (Å²) in [6.45, 7) is 5.76. The highest BCUT2D eigenvalue weighted by Gasteiger charge is 2.32. The van der Waals surface area contributed by atoms with Crippen molar-refractivity contribution >= 4 is 52.5 Å². The summed E-state index contributed by atoms with van der Waals surface area (Å²) in [6, 6.07) is 21.2. The zero-order valence-electron chi connectivity index (χ0n) is 31.5. The maximum Gasteiger partial charge on any atom is 0.326 e. The second kappa shape index (κ2) is 19.0. The van der Waals surface area contributed by atoms with Crippen LogP contribution in [0, 0.1) is 0 Å². The van der Waals surface area contributed by atoms with Gasteiger partial charge in [0, 0.05) is 49.1 Å². The predicted molar refractivity (Wildman–Crippen MR) is 212 cm³/mol. The van der Waals surface area contributed by atoms with E-state index in [1.54, 1.807) is 72.8 Å². The average Bonchev–Trinajstić information content (AvgIpc) is 3.67. The molecule has 2 bridgehead atoms. The number of fused-ring (bicyclic) bond motifs is 18. The van der Waals surface area contributed by atoms with Crippen LogP contribution in [-0.4, -0.2) is 70.4 Å². The third kappa shape index (κ3) is 12.8. The van der Waals surface area contributed by atoms with Crippen LogP contribution in [-0.2, 0) is 54.5 Å². The van der Waals surface area contributed by atoms with Crippen LogP contribution in [0.25, 0.3) is 0 Å². The summed E-state index contributed by atoms with van der Waals surface area (Å²) in [4.78, 5) is 81.6. The number of anilines is 1. The molecular formula is C42H47N5O8S. The van der Waals surface area contributed by atoms with E-state index in [1.165, 1.54) is 11.3 Å². The molecule has 294 valence electrons. The molecule has 13 nitrogen and oxygen atoms in total. The Morgan fingerprint density at radius 2 is 1.25 bits per heavy atom. The maximum absolute atomic E-state index is 14.3. The molecule has 0 saturated carbocycles. The van der Waals surface area contributed by atoms with Crippen molar-refractivity contribution in [1.82, 2.24) is 21.3 Å². The van der Waals surface area contributed by atoms with E-state index in [9.17, 15) is 33.9 Å². The molecule has 0 unspecified atom stereocenters. The maximum atomic E-state index is 14.3. The molecule has 0 radical (unpaired) electrons. The van der Waals surface area contributed by atoms with Gasteiger partial charge in [-0.3, -0.25) is 24.0 Å². The van der Waals surface area contributed by atoms with Gasteiger partial charge in [-0.15, -0.1) is 11.3 Å². The molecule has 1 aromatic heterocycles. The number of carbonyl (C=O) groups is 6. The van der Waals surface area contributed by atoms with Crippen LogP contribution < -0.4 is 31.3 Å². The van der Waals surface area contributed by atoms with Gasteiger partial charge in [0.1, 0.15) is 35.5 Å². The molecule has 2 aliphatic heterocycles. The third-order valence-corrected chi connectivity index (χ3v) is 9.74. The van der Waals surface area contributed by atoms with Gasteiger partial charge in [0.15, 0.2) is 0 Å². The van der Waals surface area contributed by atoms with Crippen LogP contribution in [0.4, 0.5) is 5.69 Å². The number of carbonyl (C=O) groups excluding carboxylic acids is 5. The van der Waals surface area contributed by atoms with Gasteiger partial charge in [-0.25, -0.2) is 4.79 Å². The Kier molecular flexibility index (Phi) is 14.0. The van der Waals surface area contributed by atoms with Crippen molar-refractivity contribution < 1.29 is 38.6 Å². The summed E-state index contributed by atoms with van der Waals surface area (Å²) in [5.41, 5.74) is 1.94. The minimum Gasteiger partial charge on any atom is -0.488 e. The lowest BCUT2D eigenvalue weighted by Gasteiger charge is -2.26. The molecule has 0 fully saturated rings. The summed E-state index contributed by atoms with van der Waals surface area (Å²) in [5.74, 6) is -3.72. The molecule has 14 heteroatoms. The fourth-order valence-electron chi connectivity index (χ4n) is 6.08. The Hall–Kier alpha value is -6.02. The van der Waals surface area contributed by atoms with E-state index in [-0.39, 0.29) is 38.5 Å². The lowest BCUT2D eigenvalue weighted by molar-refractivity contribution is -0.142. The van der Waals surface area contributed by atoms with Crippen molar-refractivity contribution in [3.8, 4) is 5.75 Å². The number of nitrogens with one attached hydrogen (secondary N) is 5. The molecular weight excluding hydrogens is 735 g/mol. The van der Waals surface area contributed by atoms with E-state index >= 15 is 0 Å². The highest BCUT2D eigenvalue weighted by molar-refractivity contribution is 7.09. The second-order valence-corrected chi connectivity index (χ2v) is 15.7. The van der Waals surface area contributed by atoms with Crippen LogP contribution >= 0.6 is 11.3 Å². The summed E-state index contributed by atoms with van der Waals surface area (Å²) >= 11 is 1.40. The zero-order valence-corrected chi connectivity index (χ0v) is 32.3. The lowest BCUT2D eigenvalue weighted by Crippen LogP contribution is -2.59. The van der Waals surface area contributed by atoms with Crippen molar-refractivity contribution in [3.63, 3.8) is 0 Å². The van der Waals surface area contributed by atoms with E-state index < -0.39 is 65.3 Å². The standard InChI is InChI=1S/C42H47N5O8S/c1-42(2,3)55-30-17-13-28(14-18-30)23-33-38(50)45-32(22-26-8-5-4-6-9-26)39(51)47-35(41(53)54)24-27-11-15-29(16-12-27)43-36(48)19-20-37(49)44-34(40(52)46-33)25-31-10-7-21-56-31/h4-18,21,32-35H,19-20,22-25H2,1-3H3,(H,43,48)(H,44,49)(H,45,50)(H,46,52)(H,47,51)(H,53,54)/t32-,33+,34-,35-/m1/s1. The number of benzene rings is 3. The Morgan fingerprint density at radius 3 is 1.82 bits per heavy atom. The fraction of sp³-hybridized carbons (Fsp3) is 0.333. The zero-order chi connectivity index (χ0) is 40.2. The molecule has 6 rings (SSSR count). The summed E-state index contributed by atoms with van der Waals surface area (Å²) in [6.07, 6.45) is -0.315. The molecule has 3 heterocycles. The molecule has 0 aliphatic carbocycles. The molecule has 4 aromatic rings. The number of amides is 5. The van der Waals surface area contributed by atoms with Gasteiger partial charge in [-0.05, 0) is 73.2 Å². The quantitative estimate of drug-likeness (QED) is 0.145. The van der Waals surface area contributed by atoms with Crippen LogP contribution in [0.15, 0.2) is 96.4 Å². The van der Waals surface area contributed by atoms with E-state index in [0.717, 1.165) is 4.88 Å². The molecule has 0 spiro atoms. The highest BCUT2D eigenvalue weighted by Crippen LogP contribution is 2.20. The number of ether oxygens (including phenoxy) is 1. The first kappa shape index (κ1) is 41.1. The summed E-state index contributed by atoms with van der Waals surface area (Å²) in [5, 5.41) is 25.6. The molecule has 6 N–H and O–H groups in total. The minimum absolute atomic E-state index is 0.000457. The number of carboxylic acids is 1. The number of hydrogen-bond donors (Lipinski definition) is 6. The normalized spacial score (nSPS) is 20.4. The lowest BCUT2D eigenvalue weighted by atomic mass is 10.0. The highest BCUT2D eigenvalue weighted by atomic mass is 32.1. The van der Waals surface area contributed by atoms with E-state index in [1.807, 2.05) is 44.4 Å². The molecule has 2 aliphatic rings. The van der Waals surface area contributed by atoms with Crippen molar-refractivity contribution in [2.24, 2.45) is 0 Å². The number of thiophene rings is 1. The Morgan fingerprint density at radius 1 is 0.679 bits per heavy atom. The fourth-order valence-corrected chi connectivity index (χ4v) is 6.84. The van der Waals surface area contributed by atoms with Gasteiger partial charge < -0.3 is 36.4 Å². The van der Waals surface area contributed by atoms with Crippen molar-refractivity contribution in [1.29, 1.82) is 0 Å². The average molecular weight is 782 g/mol. The van der Waals surface area contributed by atoms with Crippen molar-refractivity contribution in [2.45, 2.75) is 89.1 Å². The number of rotatable bonds is 8. The topological polar surface area (TPSA) is 192 Å². The summed E-state index contributed by atoms with van der Waals surface area (Å²) in [7, 11) is 0. The van der Waals surface area contributed by atoms with E-state index in [4.69, 9.17) is 4.74 Å². The monoisotopic (exact) mass is 781 g/mol. The molecule has 56 heavy (non-hydrogen) atoms. The Labute approximate surface area is 329 Å². The first-order valence-electron chi connectivity index (χ1n) is 18.4. The first-order chi connectivity index (χ1) is 26.7. The molecule has 0 saturated heterocycles. The molecule has 4 atom stereocenters. The van der Waals surface area contributed by atoms with Gasteiger partial charge in [0.05, 0.1) is 0 Å². The van der Waals surface area contributed by atoms with Crippen LogP contribution in [0.1, 0.15) is 55.2 Å². The van der Waals surface area contributed by atoms with Crippen LogP contribution in [0.2, 0.25) is 0 Å². The molecule has 3 aromatic carbocycles. The summed E-state index contributed by atoms with van der Waals surface area (Å²) < 4.78 is 5.95. The van der Waals surface area contributed by atoms with Gasteiger partial charge in [0.2, 0.25) is 29.5 Å². The molecule has 5 amide bonds. The van der Waals surface area contributed by atoms with Crippen molar-refractivity contribution in [2.75, 3.05) is 5.32 Å². The smallest absolute Gasteiger partial charge is 0.326 e. The first-order valence-corrected chi connectivity index (χ1v) is 19.2.